The van der Waals surface area contributed by atoms with Crippen LogP contribution in [-0.2, 0) is 0 Å². The summed E-state index contributed by atoms with van der Waals surface area (Å²) in [7, 11) is 0. The molecule has 0 rings (SSSR count). The minimum atomic E-state index is -0.281. The summed E-state index contributed by atoms with van der Waals surface area (Å²) < 4.78 is 0. The molecule has 0 aromatic heterocycles. The second-order valence-electron chi connectivity index (χ2n) is 12.1. The standard InChI is InChI=1S/C34H71NO2S/c1-3-5-7-9-11-13-15-17-19-21-23-25-27-33(36)31-35(29-30-38)32-34(37)28-26-24-22-20-18-16-14-12-10-8-6-4-2/h33-34,36-38H,3-32H2,1-2H3. The zero-order valence-electron chi connectivity index (χ0n) is 26.2. The first kappa shape index (κ1) is 38.2. The molecule has 2 N–H and O–H groups in total. The van der Waals surface area contributed by atoms with Crippen molar-refractivity contribution in [2.24, 2.45) is 0 Å². The zero-order valence-corrected chi connectivity index (χ0v) is 27.1. The summed E-state index contributed by atoms with van der Waals surface area (Å²) in [5.41, 5.74) is 0. The monoisotopic (exact) mass is 558 g/mol. The molecule has 0 fully saturated rings. The van der Waals surface area contributed by atoms with Crippen molar-refractivity contribution >= 4 is 12.6 Å². The molecule has 0 bridgehead atoms. The van der Waals surface area contributed by atoms with Gasteiger partial charge < -0.3 is 10.2 Å². The Morgan fingerprint density at radius 1 is 0.447 bits per heavy atom. The van der Waals surface area contributed by atoms with E-state index in [0.717, 1.165) is 38.0 Å². The summed E-state index contributed by atoms with van der Waals surface area (Å²) in [6, 6.07) is 0. The van der Waals surface area contributed by atoms with Crippen molar-refractivity contribution in [2.45, 2.75) is 193 Å². The quantitative estimate of drug-likeness (QED) is 0.0569. The molecular formula is C34H71NO2S. The second-order valence-corrected chi connectivity index (χ2v) is 12.6. The molecule has 0 aromatic carbocycles. The summed E-state index contributed by atoms with van der Waals surface area (Å²) in [4.78, 5) is 2.23. The van der Waals surface area contributed by atoms with Gasteiger partial charge in [0.2, 0.25) is 0 Å². The van der Waals surface area contributed by atoms with Crippen LogP contribution in [0.4, 0.5) is 0 Å². The van der Waals surface area contributed by atoms with E-state index in [9.17, 15) is 10.2 Å². The number of hydrogen-bond acceptors (Lipinski definition) is 4. The average molecular weight is 558 g/mol. The van der Waals surface area contributed by atoms with Crippen LogP contribution in [0.2, 0.25) is 0 Å². The van der Waals surface area contributed by atoms with Crippen LogP contribution in [0, 0.1) is 0 Å². The van der Waals surface area contributed by atoms with Crippen molar-refractivity contribution in [3.8, 4) is 0 Å². The van der Waals surface area contributed by atoms with Crippen LogP contribution < -0.4 is 0 Å². The van der Waals surface area contributed by atoms with E-state index in [1.54, 1.807) is 0 Å². The molecule has 0 saturated heterocycles. The fourth-order valence-corrected chi connectivity index (χ4v) is 5.90. The SMILES string of the molecule is CCCCCCCCCCCCCCC(O)CN(CCS)CC(O)CCCCCCCCCCCCCC. The largest absolute Gasteiger partial charge is 0.392 e. The summed E-state index contributed by atoms with van der Waals surface area (Å²) >= 11 is 4.41. The molecule has 0 heterocycles. The predicted molar refractivity (Wildman–Crippen MR) is 174 cm³/mol. The van der Waals surface area contributed by atoms with E-state index in [2.05, 4.69) is 31.4 Å². The van der Waals surface area contributed by atoms with Crippen molar-refractivity contribution < 1.29 is 10.2 Å². The van der Waals surface area contributed by atoms with Gasteiger partial charge in [-0.3, -0.25) is 4.90 Å². The molecule has 0 spiro atoms. The normalized spacial score (nSPS) is 13.4. The Morgan fingerprint density at radius 3 is 0.974 bits per heavy atom. The first-order chi connectivity index (χ1) is 18.6. The smallest absolute Gasteiger partial charge is 0.0667 e. The van der Waals surface area contributed by atoms with Gasteiger partial charge in [0.25, 0.3) is 0 Å². The van der Waals surface area contributed by atoms with E-state index >= 15 is 0 Å². The van der Waals surface area contributed by atoms with Crippen LogP contribution in [0.1, 0.15) is 181 Å². The third kappa shape index (κ3) is 29.2. The third-order valence-corrected chi connectivity index (χ3v) is 8.34. The Morgan fingerprint density at radius 2 is 0.711 bits per heavy atom. The lowest BCUT2D eigenvalue weighted by Gasteiger charge is -2.27. The van der Waals surface area contributed by atoms with Crippen LogP contribution in [0.5, 0.6) is 0 Å². The van der Waals surface area contributed by atoms with Gasteiger partial charge in [-0.15, -0.1) is 0 Å². The van der Waals surface area contributed by atoms with Gasteiger partial charge in [0, 0.05) is 25.4 Å². The summed E-state index contributed by atoms with van der Waals surface area (Å²) in [5, 5.41) is 21.1. The Labute approximate surface area is 245 Å². The molecule has 0 aliphatic rings. The highest BCUT2D eigenvalue weighted by Crippen LogP contribution is 2.15. The van der Waals surface area contributed by atoms with E-state index in [0.29, 0.717) is 13.1 Å². The first-order valence-corrected chi connectivity index (χ1v) is 18.0. The maximum atomic E-state index is 10.6. The highest BCUT2D eigenvalue weighted by atomic mass is 32.1. The number of nitrogens with zero attached hydrogens (tertiary/aromatic N) is 1. The number of unbranched alkanes of at least 4 members (excludes halogenated alkanes) is 22. The Kier molecular flexibility index (Phi) is 31.9. The number of rotatable bonds is 32. The molecule has 0 radical (unpaired) electrons. The summed E-state index contributed by atoms with van der Waals surface area (Å²) in [6.07, 6.45) is 33.6. The van der Waals surface area contributed by atoms with Crippen LogP contribution in [-0.4, -0.2) is 52.7 Å². The lowest BCUT2D eigenvalue weighted by molar-refractivity contribution is 0.0639. The van der Waals surface area contributed by atoms with Gasteiger partial charge in [-0.2, -0.15) is 12.6 Å². The first-order valence-electron chi connectivity index (χ1n) is 17.3. The summed E-state index contributed by atoms with van der Waals surface area (Å²) in [5.74, 6) is 0.774. The van der Waals surface area contributed by atoms with Crippen molar-refractivity contribution in [3.05, 3.63) is 0 Å². The van der Waals surface area contributed by atoms with E-state index in [4.69, 9.17) is 0 Å². The van der Waals surface area contributed by atoms with Crippen molar-refractivity contribution in [1.29, 1.82) is 0 Å². The molecule has 0 aliphatic carbocycles. The third-order valence-electron chi connectivity index (χ3n) is 8.14. The van der Waals surface area contributed by atoms with Gasteiger partial charge in [-0.25, -0.2) is 0 Å². The molecule has 0 saturated carbocycles. The van der Waals surface area contributed by atoms with Gasteiger partial charge in [-0.1, -0.05) is 168 Å². The number of aliphatic hydroxyl groups is 2. The van der Waals surface area contributed by atoms with Gasteiger partial charge in [0.1, 0.15) is 0 Å². The Balaban J connectivity index is 3.66. The zero-order chi connectivity index (χ0) is 27.9. The second kappa shape index (κ2) is 31.8. The van der Waals surface area contributed by atoms with Crippen LogP contribution in [0.25, 0.3) is 0 Å². The Hall–Kier alpha value is 0.230. The van der Waals surface area contributed by atoms with Gasteiger partial charge in [0.05, 0.1) is 12.2 Å². The minimum Gasteiger partial charge on any atom is -0.392 e. The lowest BCUT2D eigenvalue weighted by atomic mass is 10.0. The fraction of sp³-hybridized carbons (Fsp3) is 1.00. The molecule has 38 heavy (non-hydrogen) atoms. The fourth-order valence-electron chi connectivity index (χ4n) is 5.62. The maximum absolute atomic E-state index is 10.6. The van der Waals surface area contributed by atoms with E-state index < -0.39 is 0 Å². The number of aliphatic hydroxyl groups excluding tert-OH is 2. The summed E-state index contributed by atoms with van der Waals surface area (Å²) in [6.45, 7) is 6.75. The molecule has 0 aromatic rings. The van der Waals surface area contributed by atoms with Gasteiger partial charge >= 0.3 is 0 Å². The molecule has 0 aliphatic heterocycles. The molecule has 3 nitrogen and oxygen atoms in total. The highest BCUT2D eigenvalue weighted by molar-refractivity contribution is 7.80. The minimum absolute atomic E-state index is 0.281. The molecule has 0 amide bonds. The van der Waals surface area contributed by atoms with Crippen LogP contribution >= 0.6 is 12.6 Å². The predicted octanol–water partition coefficient (Wildman–Crippen LogP) is 10.1. The number of thiol groups is 1. The maximum Gasteiger partial charge on any atom is 0.0667 e. The highest BCUT2D eigenvalue weighted by Gasteiger charge is 2.15. The number of hydrogen-bond donors (Lipinski definition) is 3. The molecule has 2 atom stereocenters. The average Bonchev–Trinajstić information content (AvgIpc) is 2.90. The lowest BCUT2D eigenvalue weighted by Crippen LogP contribution is -2.39. The Bertz CT molecular complexity index is 401. The van der Waals surface area contributed by atoms with Crippen LogP contribution in [0.3, 0.4) is 0 Å². The van der Waals surface area contributed by atoms with Gasteiger partial charge in [-0.05, 0) is 12.8 Å². The van der Waals surface area contributed by atoms with E-state index in [-0.39, 0.29) is 12.2 Å². The molecular weight excluding hydrogens is 486 g/mol. The molecule has 230 valence electrons. The van der Waals surface area contributed by atoms with Crippen molar-refractivity contribution in [1.82, 2.24) is 4.90 Å². The van der Waals surface area contributed by atoms with E-state index in [1.807, 2.05) is 0 Å². The molecule has 4 heteroatoms. The topological polar surface area (TPSA) is 43.7 Å². The van der Waals surface area contributed by atoms with Crippen molar-refractivity contribution in [2.75, 3.05) is 25.4 Å². The molecule has 2 unspecified atom stereocenters. The van der Waals surface area contributed by atoms with E-state index in [1.165, 1.54) is 141 Å². The van der Waals surface area contributed by atoms with Gasteiger partial charge in [0.15, 0.2) is 0 Å². The van der Waals surface area contributed by atoms with Crippen LogP contribution in [0.15, 0.2) is 0 Å². The van der Waals surface area contributed by atoms with Crippen molar-refractivity contribution in [3.63, 3.8) is 0 Å².